The lowest BCUT2D eigenvalue weighted by molar-refractivity contribution is 0.223. The molecular weight excluding hydrogens is 257 g/mol. The minimum absolute atomic E-state index is 0.180. The zero-order valence-corrected chi connectivity index (χ0v) is 13.5. The van der Waals surface area contributed by atoms with Gasteiger partial charge in [0.1, 0.15) is 0 Å². The number of hydrogen-bond acceptors (Lipinski definition) is 5. The molecule has 17 heavy (non-hydrogen) atoms. The molecule has 0 aliphatic rings. The second-order valence-electron chi connectivity index (χ2n) is 4.63. The van der Waals surface area contributed by atoms with E-state index >= 15 is 0 Å². The first-order valence-electron chi connectivity index (χ1n) is 5.82. The van der Waals surface area contributed by atoms with Crippen LogP contribution in [0.4, 0.5) is 0 Å². The lowest BCUT2D eigenvalue weighted by atomic mass is 10.5. The Morgan fingerprint density at radius 3 is 2.00 bits per heavy atom. The summed E-state index contributed by atoms with van der Waals surface area (Å²) in [5.74, 6) is 0. The van der Waals surface area contributed by atoms with E-state index in [1.807, 2.05) is 19.6 Å². The van der Waals surface area contributed by atoms with Gasteiger partial charge < -0.3 is 13.6 Å². The SMILES string of the molecule is CCOP(=O)(C/C(C)=N\O[Si](C)(C)C)OCC. The molecule has 0 aromatic carbocycles. The summed E-state index contributed by atoms with van der Waals surface area (Å²) in [7, 11) is -4.74. The Morgan fingerprint density at radius 2 is 1.65 bits per heavy atom. The Labute approximate surface area is 105 Å². The molecule has 0 radical (unpaired) electrons. The van der Waals surface area contributed by atoms with Crippen molar-refractivity contribution in [3.8, 4) is 0 Å². The van der Waals surface area contributed by atoms with Gasteiger partial charge in [-0.2, -0.15) is 0 Å². The molecule has 0 atom stereocenters. The molecule has 5 nitrogen and oxygen atoms in total. The van der Waals surface area contributed by atoms with Gasteiger partial charge in [0.25, 0.3) is 8.32 Å². The fourth-order valence-electron chi connectivity index (χ4n) is 1.05. The molecule has 0 heterocycles. The van der Waals surface area contributed by atoms with Crippen LogP contribution in [0.1, 0.15) is 20.8 Å². The third kappa shape index (κ3) is 8.55. The highest BCUT2D eigenvalue weighted by atomic mass is 31.2. The lowest BCUT2D eigenvalue weighted by Gasteiger charge is -2.18. The first kappa shape index (κ1) is 16.8. The van der Waals surface area contributed by atoms with Crippen LogP contribution in [0, 0.1) is 0 Å². The van der Waals surface area contributed by atoms with Crippen molar-refractivity contribution < 1.29 is 18.1 Å². The Balaban J connectivity index is 4.50. The molecule has 0 aliphatic carbocycles. The Hall–Kier alpha value is -0.163. The highest BCUT2D eigenvalue weighted by Gasteiger charge is 2.25. The third-order valence-corrected chi connectivity index (χ3v) is 4.34. The van der Waals surface area contributed by atoms with E-state index in [2.05, 4.69) is 5.16 Å². The second kappa shape index (κ2) is 7.31. The van der Waals surface area contributed by atoms with Gasteiger partial charge in [-0.25, -0.2) is 0 Å². The maximum atomic E-state index is 12.2. The lowest BCUT2D eigenvalue weighted by Crippen LogP contribution is -2.23. The van der Waals surface area contributed by atoms with Gasteiger partial charge >= 0.3 is 7.60 Å². The molecule has 102 valence electrons. The van der Waals surface area contributed by atoms with E-state index in [1.54, 1.807) is 20.8 Å². The summed E-state index contributed by atoms with van der Waals surface area (Å²) in [5.41, 5.74) is 0.637. The van der Waals surface area contributed by atoms with Crippen molar-refractivity contribution in [1.82, 2.24) is 0 Å². The van der Waals surface area contributed by atoms with Crippen molar-refractivity contribution >= 4 is 21.6 Å². The van der Waals surface area contributed by atoms with E-state index in [-0.39, 0.29) is 6.16 Å². The molecule has 0 N–H and O–H groups in total. The molecule has 0 fully saturated rings. The van der Waals surface area contributed by atoms with Crippen LogP contribution in [-0.4, -0.2) is 33.4 Å². The van der Waals surface area contributed by atoms with Crippen molar-refractivity contribution in [2.24, 2.45) is 5.16 Å². The van der Waals surface area contributed by atoms with Gasteiger partial charge in [-0.05, 0) is 40.4 Å². The van der Waals surface area contributed by atoms with Crippen LogP contribution in [0.15, 0.2) is 5.16 Å². The summed E-state index contributed by atoms with van der Waals surface area (Å²) in [5, 5.41) is 3.99. The van der Waals surface area contributed by atoms with Crippen LogP contribution in [-0.2, 0) is 18.1 Å². The summed E-state index contributed by atoms with van der Waals surface area (Å²) in [6.07, 6.45) is 0.180. The molecular formula is C10H24NO4PSi. The predicted octanol–water partition coefficient (Wildman–Crippen LogP) is 3.48. The monoisotopic (exact) mass is 281 g/mol. The van der Waals surface area contributed by atoms with Gasteiger partial charge in [0.2, 0.25) is 0 Å². The molecule has 0 spiro atoms. The average molecular weight is 281 g/mol. The predicted molar refractivity (Wildman–Crippen MR) is 73.3 cm³/mol. The van der Waals surface area contributed by atoms with Crippen LogP contribution in [0.5, 0.6) is 0 Å². The van der Waals surface area contributed by atoms with Crippen LogP contribution in [0.25, 0.3) is 0 Å². The van der Waals surface area contributed by atoms with Crippen LogP contribution in [0.2, 0.25) is 19.6 Å². The highest BCUT2D eigenvalue weighted by molar-refractivity contribution is 7.54. The van der Waals surface area contributed by atoms with Gasteiger partial charge in [0.05, 0.1) is 25.1 Å². The second-order valence-corrected chi connectivity index (χ2v) is 11.1. The van der Waals surface area contributed by atoms with Gasteiger partial charge in [0, 0.05) is 0 Å². The summed E-state index contributed by atoms with van der Waals surface area (Å²) >= 11 is 0. The van der Waals surface area contributed by atoms with Gasteiger partial charge in [-0.1, -0.05) is 0 Å². The normalized spacial score (nSPS) is 13.9. The summed E-state index contributed by atoms with van der Waals surface area (Å²) in [4.78, 5) is 0. The fraction of sp³-hybridized carbons (Fsp3) is 0.900. The smallest absolute Gasteiger partial charge is 0.336 e. The first-order chi connectivity index (χ1) is 7.72. The Bertz CT molecular complexity index is 291. The quantitative estimate of drug-likeness (QED) is 0.296. The maximum Gasteiger partial charge on any atom is 0.336 e. The van der Waals surface area contributed by atoms with Crippen LogP contribution < -0.4 is 0 Å². The molecule has 0 saturated heterocycles. The number of nitrogens with zero attached hydrogens (tertiary/aromatic N) is 1. The maximum absolute atomic E-state index is 12.2. The van der Waals surface area contributed by atoms with Crippen molar-refractivity contribution in [2.75, 3.05) is 19.4 Å². The molecule has 0 aromatic rings. The highest BCUT2D eigenvalue weighted by Crippen LogP contribution is 2.47. The first-order valence-corrected chi connectivity index (χ1v) is 11.0. The summed E-state index contributed by atoms with van der Waals surface area (Å²) in [6.45, 7) is 12.2. The average Bonchev–Trinajstić information content (AvgIpc) is 2.14. The molecule has 0 aliphatic heterocycles. The van der Waals surface area contributed by atoms with Crippen molar-refractivity contribution in [2.45, 2.75) is 40.4 Å². The standard InChI is InChI=1S/C10H24NO4PSi/c1-7-13-16(12,14-8-2)9-10(3)11-15-17(4,5)6/h7-9H2,1-6H3/b11-10-. The van der Waals surface area contributed by atoms with Crippen LogP contribution in [0.3, 0.4) is 0 Å². The fourth-order valence-corrected chi connectivity index (χ4v) is 3.14. The van der Waals surface area contributed by atoms with E-state index in [1.165, 1.54) is 0 Å². The van der Waals surface area contributed by atoms with Gasteiger partial charge in [-0.15, -0.1) is 5.16 Å². The van der Waals surface area contributed by atoms with Gasteiger partial charge in [0.15, 0.2) is 0 Å². The molecule has 0 rings (SSSR count). The van der Waals surface area contributed by atoms with Crippen molar-refractivity contribution in [3.05, 3.63) is 0 Å². The molecule has 0 saturated carbocycles. The van der Waals surface area contributed by atoms with Crippen LogP contribution >= 0.6 is 7.60 Å². The van der Waals surface area contributed by atoms with E-state index in [0.29, 0.717) is 18.9 Å². The molecule has 0 bridgehead atoms. The summed E-state index contributed by atoms with van der Waals surface area (Å²) in [6, 6.07) is 0. The van der Waals surface area contributed by atoms with Crippen molar-refractivity contribution in [1.29, 1.82) is 0 Å². The van der Waals surface area contributed by atoms with E-state index in [0.717, 1.165) is 0 Å². The molecule has 7 heteroatoms. The Kier molecular flexibility index (Phi) is 7.24. The molecule has 0 amide bonds. The van der Waals surface area contributed by atoms with E-state index < -0.39 is 15.9 Å². The minimum Gasteiger partial charge on any atom is -0.456 e. The molecule has 0 aromatic heterocycles. The topological polar surface area (TPSA) is 57.1 Å². The largest absolute Gasteiger partial charge is 0.456 e. The minimum atomic E-state index is -3.05. The Morgan fingerprint density at radius 1 is 1.18 bits per heavy atom. The zero-order valence-electron chi connectivity index (χ0n) is 11.6. The third-order valence-electron chi connectivity index (χ3n) is 1.55. The van der Waals surface area contributed by atoms with Gasteiger partial charge in [-0.3, -0.25) is 4.57 Å². The zero-order chi connectivity index (χ0) is 13.5. The van der Waals surface area contributed by atoms with Crippen molar-refractivity contribution in [3.63, 3.8) is 0 Å². The van der Waals surface area contributed by atoms with E-state index in [9.17, 15) is 4.57 Å². The van der Waals surface area contributed by atoms with E-state index in [4.69, 9.17) is 13.6 Å². The summed E-state index contributed by atoms with van der Waals surface area (Å²) < 4.78 is 27.9. The number of hydrogen-bond donors (Lipinski definition) is 0. The molecule has 0 unspecified atom stereocenters. The number of rotatable bonds is 8. The number of oxime groups is 1.